The summed E-state index contributed by atoms with van der Waals surface area (Å²) >= 11 is 0. The highest BCUT2D eigenvalue weighted by molar-refractivity contribution is 5.85. The Kier molecular flexibility index (Phi) is 9.19. The van der Waals surface area contributed by atoms with Crippen molar-refractivity contribution in [1.82, 2.24) is 20.9 Å². The van der Waals surface area contributed by atoms with Gasteiger partial charge in [0.1, 0.15) is 12.3 Å². The van der Waals surface area contributed by atoms with Gasteiger partial charge in [0.05, 0.1) is 12.3 Å². The van der Waals surface area contributed by atoms with Crippen molar-refractivity contribution in [2.24, 2.45) is 4.99 Å². The number of rotatable bonds is 9. The predicted octanol–water partition coefficient (Wildman–Crippen LogP) is 2.13. The Hall–Kier alpha value is -2.02. The number of hydrogen-bond donors (Lipinski definition) is 3. The predicted molar refractivity (Wildman–Crippen MR) is 106 cm³/mol. The number of guanidine groups is 1. The first-order valence-electron chi connectivity index (χ1n) is 9.41. The highest BCUT2D eigenvalue weighted by Crippen LogP contribution is 2.20. The van der Waals surface area contributed by atoms with Gasteiger partial charge in [0.15, 0.2) is 5.96 Å². The number of amides is 1. The fourth-order valence-electron chi connectivity index (χ4n) is 2.70. The lowest BCUT2D eigenvalue weighted by molar-refractivity contribution is -0.121. The minimum atomic E-state index is -0.258. The fourth-order valence-corrected chi connectivity index (χ4v) is 2.70. The SMILES string of the molecule is CCNC(=NCC(=O)NC(C)(C)C)NCC(c1ccco1)N(CC)CC. The van der Waals surface area contributed by atoms with E-state index in [2.05, 4.69) is 39.7 Å². The molecule has 1 aromatic heterocycles. The zero-order chi connectivity index (χ0) is 19.6. The average molecular weight is 366 g/mol. The summed E-state index contributed by atoms with van der Waals surface area (Å²) in [7, 11) is 0. The molecule has 26 heavy (non-hydrogen) atoms. The summed E-state index contributed by atoms with van der Waals surface area (Å²) in [5.41, 5.74) is -0.258. The van der Waals surface area contributed by atoms with Crippen molar-refractivity contribution in [3.05, 3.63) is 24.2 Å². The van der Waals surface area contributed by atoms with E-state index in [0.29, 0.717) is 12.5 Å². The molecule has 0 saturated carbocycles. The van der Waals surface area contributed by atoms with Crippen LogP contribution in [0.1, 0.15) is 53.3 Å². The van der Waals surface area contributed by atoms with Gasteiger partial charge < -0.3 is 20.4 Å². The Bertz CT molecular complexity index is 545. The average Bonchev–Trinajstić information content (AvgIpc) is 3.08. The molecule has 1 aromatic rings. The number of furan rings is 1. The molecule has 0 radical (unpaired) electrons. The maximum absolute atomic E-state index is 12.0. The molecule has 7 heteroatoms. The molecule has 148 valence electrons. The Morgan fingerprint density at radius 1 is 1.23 bits per heavy atom. The number of carbonyl (C=O) groups is 1. The van der Waals surface area contributed by atoms with Crippen LogP contribution in [0.4, 0.5) is 0 Å². The van der Waals surface area contributed by atoms with Crippen LogP contribution in [0.5, 0.6) is 0 Å². The van der Waals surface area contributed by atoms with Crippen LogP contribution in [0.25, 0.3) is 0 Å². The number of nitrogens with one attached hydrogen (secondary N) is 3. The third kappa shape index (κ3) is 7.91. The van der Waals surface area contributed by atoms with Crippen LogP contribution in [-0.4, -0.2) is 55.0 Å². The van der Waals surface area contributed by atoms with Crippen LogP contribution in [0.2, 0.25) is 0 Å². The molecular formula is C19H35N5O2. The fraction of sp³-hybridized carbons (Fsp3) is 0.684. The Balaban J connectivity index is 2.75. The molecular weight excluding hydrogens is 330 g/mol. The van der Waals surface area contributed by atoms with Crippen molar-refractivity contribution in [2.45, 2.75) is 53.1 Å². The third-order valence-corrected chi connectivity index (χ3v) is 3.83. The molecule has 0 aliphatic rings. The third-order valence-electron chi connectivity index (χ3n) is 3.83. The Morgan fingerprint density at radius 2 is 1.92 bits per heavy atom. The minimum absolute atomic E-state index is 0.0866. The van der Waals surface area contributed by atoms with E-state index in [4.69, 9.17) is 4.42 Å². The van der Waals surface area contributed by atoms with Gasteiger partial charge in [-0.2, -0.15) is 0 Å². The second kappa shape index (κ2) is 10.9. The molecule has 0 aromatic carbocycles. The van der Waals surface area contributed by atoms with Crippen LogP contribution < -0.4 is 16.0 Å². The summed E-state index contributed by atoms with van der Waals surface area (Å²) in [6.45, 7) is 15.4. The van der Waals surface area contributed by atoms with Crippen LogP contribution in [-0.2, 0) is 4.79 Å². The summed E-state index contributed by atoms with van der Waals surface area (Å²) in [5, 5.41) is 9.44. The molecule has 0 fully saturated rings. The lowest BCUT2D eigenvalue weighted by Gasteiger charge is -2.28. The zero-order valence-corrected chi connectivity index (χ0v) is 17.1. The molecule has 0 saturated heterocycles. The van der Waals surface area contributed by atoms with Crippen molar-refractivity contribution >= 4 is 11.9 Å². The van der Waals surface area contributed by atoms with Gasteiger partial charge in [-0.25, -0.2) is 4.99 Å². The topological polar surface area (TPSA) is 81.9 Å². The van der Waals surface area contributed by atoms with E-state index < -0.39 is 0 Å². The second-order valence-electron chi connectivity index (χ2n) is 7.13. The molecule has 1 amide bonds. The van der Waals surface area contributed by atoms with E-state index in [1.807, 2.05) is 39.8 Å². The van der Waals surface area contributed by atoms with Gasteiger partial charge >= 0.3 is 0 Å². The summed E-state index contributed by atoms with van der Waals surface area (Å²) in [4.78, 5) is 18.7. The van der Waals surface area contributed by atoms with E-state index in [1.165, 1.54) is 0 Å². The van der Waals surface area contributed by atoms with Crippen LogP contribution in [0.3, 0.4) is 0 Å². The standard InChI is InChI=1S/C19H35N5O2/c1-7-20-18(22-14-17(25)23-19(4,5)6)21-13-15(24(8-2)9-3)16-11-10-12-26-16/h10-12,15H,7-9,13-14H2,1-6H3,(H,23,25)(H2,20,21,22). The number of carbonyl (C=O) groups excluding carboxylic acids is 1. The zero-order valence-electron chi connectivity index (χ0n) is 17.1. The van der Waals surface area contributed by atoms with Crippen LogP contribution in [0, 0.1) is 0 Å². The Labute approximate surface area is 157 Å². The van der Waals surface area contributed by atoms with Gasteiger partial charge in [0.2, 0.25) is 5.91 Å². The number of hydrogen-bond acceptors (Lipinski definition) is 4. The van der Waals surface area contributed by atoms with Gasteiger partial charge in [-0.1, -0.05) is 13.8 Å². The van der Waals surface area contributed by atoms with Crippen molar-refractivity contribution in [1.29, 1.82) is 0 Å². The van der Waals surface area contributed by atoms with Crippen LogP contribution >= 0.6 is 0 Å². The molecule has 1 unspecified atom stereocenters. The quantitative estimate of drug-likeness (QED) is 0.461. The lowest BCUT2D eigenvalue weighted by Crippen LogP contribution is -2.45. The molecule has 0 spiro atoms. The number of likely N-dealkylation sites (N-methyl/N-ethyl adjacent to an activating group) is 1. The maximum Gasteiger partial charge on any atom is 0.242 e. The maximum atomic E-state index is 12.0. The molecule has 0 bridgehead atoms. The monoisotopic (exact) mass is 365 g/mol. The van der Waals surface area contributed by atoms with Crippen molar-refractivity contribution in [2.75, 3.05) is 32.7 Å². The van der Waals surface area contributed by atoms with Gasteiger partial charge in [0.25, 0.3) is 0 Å². The van der Waals surface area contributed by atoms with E-state index in [-0.39, 0.29) is 24.0 Å². The van der Waals surface area contributed by atoms with Crippen LogP contribution in [0.15, 0.2) is 27.8 Å². The minimum Gasteiger partial charge on any atom is -0.468 e. The summed E-state index contributed by atoms with van der Waals surface area (Å²) in [5.74, 6) is 1.45. The molecule has 1 rings (SSSR count). The summed E-state index contributed by atoms with van der Waals surface area (Å²) in [6, 6.07) is 4.00. The molecule has 0 aliphatic carbocycles. The normalized spacial score (nSPS) is 13.6. The highest BCUT2D eigenvalue weighted by Gasteiger charge is 2.21. The van der Waals surface area contributed by atoms with Crippen molar-refractivity contribution in [3.8, 4) is 0 Å². The first kappa shape index (κ1) is 22.0. The van der Waals surface area contributed by atoms with Gasteiger partial charge in [-0.05, 0) is 52.9 Å². The highest BCUT2D eigenvalue weighted by atomic mass is 16.3. The molecule has 1 heterocycles. The molecule has 1 atom stereocenters. The summed E-state index contributed by atoms with van der Waals surface area (Å²) < 4.78 is 5.62. The largest absolute Gasteiger partial charge is 0.468 e. The van der Waals surface area contributed by atoms with Crippen molar-refractivity contribution in [3.63, 3.8) is 0 Å². The smallest absolute Gasteiger partial charge is 0.242 e. The molecule has 7 nitrogen and oxygen atoms in total. The van der Waals surface area contributed by atoms with E-state index in [0.717, 1.165) is 25.4 Å². The first-order chi connectivity index (χ1) is 12.3. The van der Waals surface area contributed by atoms with Gasteiger partial charge in [-0.3, -0.25) is 9.69 Å². The first-order valence-corrected chi connectivity index (χ1v) is 9.41. The molecule has 3 N–H and O–H groups in total. The number of nitrogens with zero attached hydrogens (tertiary/aromatic N) is 2. The van der Waals surface area contributed by atoms with E-state index in [9.17, 15) is 4.79 Å². The summed E-state index contributed by atoms with van der Waals surface area (Å²) in [6.07, 6.45) is 1.70. The lowest BCUT2D eigenvalue weighted by atomic mass is 10.1. The molecule has 0 aliphatic heterocycles. The number of aliphatic imine (C=N–C) groups is 1. The van der Waals surface area contributed by atoms with E-state index in [1.54, 1.807) is 6.26 Å². The van der Waals surface area contributed by atoms with Crippen molar-refractivity contribution < 1.29 is 9.21 Å². The Morgan fingerprint density at radius 3 is 2.42 bits per heavy atom. The van der Waals surface area contributed by atoms with Gasteiger partial charge in [0, 0.05) is 18.6 Å². The van der Waals surface area contributed by atoms with E-state index >= 15 is 0 Å². The van der Waals surface area contributed by atoms with Gasteiger partial charge in [-0.15, -0.1) is 0 Å². The second-order valence-corrected chi connectivity index (χ2v) is 7.13.